The van der Waals surface area contributed by atoms with Crippen molar-refractivity contribution in [3.05, 3.63) is 82.6 Å². The zero-order valence-electron chi connectivity index (χ0n) is 15.2. The quantitative estimate of drug-likeness (QED) is 0.390. The summed E-state index contributed by atoms with van der Waals surface area (Å²) in [7, 11) is 0. The lowest BCUT2D eigenvalue weighted by molar-refractivity contribution is 0.0734. The standard InChI is InChI=1S/C21H14ClN3O4/c1-12-17-10-13(11-23-20(17)29-25-12)21(27)28-15-8-6-14(7-9-15)24-19(26)16-4-2-3-5-18(16)22/h2-11H,1H3,(H,24,26). The van der Waals surface area contributed by atoms with Crippen molar-refractivity contribution in [3.8, 4) is 5.75 Å². The molecule has 1 N–H and O–H groups in total. The molecule has 0 fully saturated rings. The third-order valence-electron chi connectivity index (χ3n) is 4.19. The SMILES string of the molecule is Cc1noc2ncc(C(=O)Oc3ccc(NC(=O)c4ccccc4Cl)cc3)cc12. The highest BCUT2D eigenvalue weighted by molar-refractivity contribution is 6.34. The van der Waals surface area contributed by atoms with Crippen LogP contribution in [-0.4, -0.2) is 22.0 Å². The molecule has 0 atom stereocenters. The molecule has 0 spiro atoms. The van der Waals surface area contributed by atoms with Gasteiger partial charge in [0.2, 0.25) is 0 Å². The van der Waals surface area contributed by atoms with Gasteiger partial charge in [-0.1, -0.05) is 28.9 Å². The van der Waals surface area contributed by atoms with Gasteiger partial charge in [-0.15, -0.1) is 0 Å². The Balaban J connectivity index is 1.44. The zero-order chi connectivity index (χ0) is 20.4. The number of fused-ring (bicyclic) bond motifs is 1. The van der Waals surface area contributed by atoms with Crippen LogP contribution >= 0.6 is 11.6 Å². The number of carbonyl (C=O) groups is 2. The number of hydrogen-bond acceptors (Lipinski definition) is 6. The first-order valence-electron chi connectivity index (χ1n) is 8.61. The van der Waals surface area contributed by atoms with Gasteiger partial charge in [-0.05, 0) is 49.4 Å². The van der Waals surface area contributed by atoms with E-state index in [0.717, 1.165) is 0 Å². The summed E-state index contributed by atoms with van der Waals surface area (Å²) in [6, 6.07) is 14.8. The molecule has 4 rings (SSSR count). The fourth-order valence-electron chi connectivity index (χ4n) is 2.67. The Morgan fingerprint density at radius 1 is 1.10 bits per heavy atom. The predicted molar refractivity (Wildman–Crippen MR) is 107 cm³/mol. The summed E-state index contributed by atoms with van der Waals surface area (Å²) in [5.74, 6) is -0.565. The van der Waals surface area contributed by atoms with Crippen molar-refractivity contribution in [2.45, 2.75) is 6.92 Å². The number of aryl methyl sites for hydroxylation is 1. The van der Waals surface area contributed by atoms with Crippen LogP contribution < -0.4 is 10.1 Å². The maximum atomic E-state index is 12.4. The number of halogens is 1. The van der Waals surface area contributed by atoms with E-state index in [1.165, 1.54) is 6.20 Å². The molecule has 0 bridgehead atoms. The highest BCUT2D eigenvalue weighted by atomic mass is 35.5. The van der Waals surface area contributed by atoms with Crippen LogP contribution in [0.2, 0.25) is 5.02 Å². The summed E-state index contributed by atoms with van der Waals surface area (Å²) in [5, 5.41) is 7.57. The van der Waals surface area contributed by atoms with Gasteiger partial charge in [-0.25, -0.2) is 9.78 Å². The van der Waals surface area contributed by atoms with E-state index in [2.05, 4.69) is 15.5 Å². The van der Waals surface area contributed by atoms with Crippen LogP contribution in [0.1, 0.15) is 26.4 Å². The minimum absolute atomic E-state index is 0.278. The molecule has 4 aromatic rings. The Hall–Kier alpha value is -3.71. The van der Waals surface area contributed by atoms with Crippen LogP contribution in [0.3, 0.4) is 0 Å². The van der Waals surface area contributed by atoms with Gasteiger partial charge in [-0.2, -0.15) is 0 Å². The number of carbonyl (C=O) groups excluding carboxylic acids is 2. The number of aromatic nitrogens is 2. The van der Waals surface area contributed by atoms with E-state index in [1.807, 2.05) is 0 Å². The smallest absolute Gasteiger partial charge is 0.345 e. The molecular weight excluding hydrogens is 394 g/mol. The maximum absolute atomic E-state index is 12.4. The average Bonchev–Trinajstić information content (AvgIpc) is 3.10. The van der Waals surface area contributed by atoms with Crippen molar-refractivity contribution in [2.24, 2.45) is 0 Å². The summed E-state index contributed by atoms with van der Waals surface area (Å²) >= 11 is 6.03. The third-order valence-corrected chi connectivity index (χ3v) is 4.52. The van der Waals surface area contributed by atoms with E-state index in [-0.39, 0.29) is 11.5 Å². The summed E-state index contributed by atoms with van der Waals surface area (Å²) < 4.78 is 10.4. The lowest BCUT2D eigenvalue weighted by atomic mass is 10.2. The van der Waals surface area contributed by atoms with Gasteiger partial charge in [0, 0.05) is 11.9 Å². The molecule has 0 unspecified atom stereocenters. The number of benzene rings is 2. The molecule has 0 aliphatic rings. The third kappa shape index (κ3) is 3.95. The van der Waals surface area contributed by atoms with E-state index < -0.39 is 5.97 Å². The first-order valence-corrected chi connectivity index (χ1v) is 8.99. The molecule has 0 aliphatic carbocycles. The van der Waals surface area contributed by atoms with E-state index in [4.69, 9.17) is 20.9 Å². The largest absolute Gasteiger partial charge is 0.423 e. The van der Waals surface area contributed by atoms with Gasteiger partial charge in [0.25, 0.3) is 11.6 Å². The lowest BCUT2D eigenvalue weighted by Gasteiger charge is -2.08. The maximum Gasteiger partial charge on any atom is 0.345 e. The number of pyridine rings is 1. The second-order valence-electron chi connectivity index (χ2n) is 6.19. The summed E-state index contributed by atoms with van der Waals surface area (Å²) in [6.45, 7) is 1.76. The molecule has 8 heteroatoms. The molecule has 1 amide bonds. The Labute approximate surface area is 170 Å². The van der Waals surface area contributed by atoms with Crippen molar-refractivity contribution in [2.75, 3.05) is 5.32 Å². The Morgan fingerprint density at radius 2 is 1.86 bits per heavy atom. The molecule has 29 heavy (non-hydrogen) atoms. The first-order chi connectivity index (χ1) is 14.0. The molecule has 0 saturated heterocycles. The van der Waals surface area contributed by atoms with Crippen LogP contribution in [0.15, 0.2) is 65.3 Å². The lowest BCUT2D eigenvalue weighted by Crippen LogP contribution is -2.12. The topological polar surface area (TPSA) is 94.3 Å². The first kappa shape index (κ1) is 18.6. The van der Waals surface area contributed by atoms with Gasteiger partial charge in [-0.3, -0.25) is 4.79 Å². The molecule has 2 aromatic carbocycles. The molecule has 144 valence electrons. The minimum Gasteiger partial charge on any atom is -0.423 e. The number of amides is 1. The molecule has 0 aliphatic heterocycles. The van der Waals surface area contributed by atoms with E-state index >= 15 is 0 Å². The van der Waals surface area contributed by atoms with Crippen molar-refractivity contribution in [1.29, 1.82) is 0 Å². The van der Waals surface area contributed by atoms with Crippen molar-refractivity contribution < 1.29 is 18.8 Å². The number of anilines is 1. The molecule has 2 aromatic heterocycles. The van der Waals surface area contributed by atoms with Crippen LogP contribution in [0.5, 0.6) is 5.75 Å². The van der Waals surface area contributed by atoms with Gasteiger partial charge >= 0.3 is 5.97 Å². The molecular formula is C21H14ClN3O4. The second kappa shape index (κ2) is 7.73. The average molecular weight is 408 g/mol. The monoisotopic (exact) mass is 407 g/mol. The Kier molecular flexibility index (Phi) is 4.97. The number of ether oxygens (including phenoxy) is 1. The summed E-state index contributed by atoms with van der Waals surface area (Å²) in [4.78, 5) is 28.7. The van der Waals surface area contributed by atoms with Gasteiger partial charge < -0.3 is 14.6 Å². The highest BCUT2D eigenvalue weighted by Gasteiger charge is 2.14. The van der Waals surface area contributed by atoms with Crippen molar-refractivity contribution in [1.82, 2.24) is 10.1 Å². The summed E-state index contributed by atoms with van der Waals surface area (Å²) in [5.41, 5.74) is 2.19. The Morgan fingerprint density at radius 3 is 2.62 bits per heavy atom. The highest BCUT2D eigenvalue weighted by Crippen LogP contribution is 2.21. The van der Waals surface area contributed by atoms with E-state index in [0.29, 0.717) is 38.8 Å². The minimum atomic E-state index is -0.562. The molecule has 7 nitrogen and oxygen atoms in total. The van der Waals surface area contributed by atoms with E-state index in [9.17, 15) is 9.59 Å². The number of nitrogens with one attached hydrogen (secondary N) is 1. The van der Waals surface area contributed by atoms with Crippen LogP contribution in [0.4, 0.5) is 5.69 Å². The van der Waals surface area contributed by atoms with Crippen molar-refractivity contribution >= 4 is 40.3 Å². The van der Waals surface area contributed by atoms with Gasteiger partial charge in [0.05, 0.1) is 27.2 Å². The second-order valence-corrected chi connectivity index (χ2v) is 6.60. The predicted octanol–water partition coefficient (Wildman–Crippen LogP) is 4.66. The van der Waals surface area contributed by atoms with Gasteiger partial charge in [0.15, 0.2) is 0 Å². The fraction of sp³-hybridized carbons (Fsp3) is 0.0476. The number of hydrogen-bond donors (Lipinski definition) is 1. The molecule has 0 radical (unpaired) electrons. The molecule has 2 heterocycles. The molecule has 0 saturated carbocycles. The summed E-state index contributed by atoms with van der Waals surface area (Å²) in [6.07, 6.45) is 1.37. The Bertz CT molecular complexity index is 1220. The number of nitrogens with zero attached hydrogens (tertiary/aromatic N) is 2. The van der Waals surface area contributed by atoms with Crippen LogP contribution in [-0.2, 0) is 0 Å². The van der Waals surface area contributed by atoms with Crippen LogP contribution in [0, 0.1) is 6.92 Å². The van der Waals surface area contributed by atoms with E-state index in [1.54, 1.807) is 61.5 Å². The van der Waals surface area contributed by atoms with Crippen LogP contribution in [0.25, 0.3) is 11.1 Å². The normalized spacial score (nSPS) is 10.7. The van der Waals surface area contributed by atoms with Crippen molar-refractivity contribution in [3.63, 3.8) is 0 Å². The van der Waals surface area contributed by atoms with Gasteiger partial charge in [0.1, 0.15) is 5.75 Å². The number of rotatable bonds is 4. The number of esters is 1. The fourth-order valence-corrected chi connectivity index (χ4v) is 2.89. The zero-order valence-corrected chi connectivity index (χ0v) is 15.9.